The van der Waals surface area contributed by atoms with Gasteiger partial charge in [0.2, 0.25) is 11.8 Å². The Hall–Kier alpha value is -1.24. The largest absolute Gasteiger partial charge is 0.392 e. The summed E-state index contributed by atoms with van der Waals surface area (Å²) < 4.78 is 0. The number of rotatable bonds is 7. The SMILES string of the molecule is CC1(C)[C@@H]2CC[C@@]1(C(=O)N[C@H](c1ccccc1)[C@H](NC(=O)[C@]13CC[C@H](C[C@H]1O)C3(C)C)c1ccccc1)[C@H](O)C2.II. The predicted octanol–water partition coefficient (Wildman–Crippen LogP) is 6.85. The first-order valence-electron chi connectivity index (χ1n) is 15.2. The minimum Gasteiger partial charge on any atom is -0.392 e. The second-order valence-electron chi connectivity index (χ2n) is 14.1. The van der Waals surface area contributed by atoms with Gasteiger partial charge in [0, 0.05) is 37.2 Å². The molecule has 4 fully saturated rings. The highest BCUT2D eigenvalue weighted by atomic mass is 128. The van der Waals surface area contributed by atoms with Gasteiger partial charge in [0.15, 0.2) is 0 Å². The lowest BCUT2D eigenvalue weighted by molar-refractivity contribution is -0.147. The van der Waals surface area contributed by atoms with Gasteiger partial charge in [-0.25, -0.2) is 0 Å². The van der Waals surface area contributed by atoms with Crippen LogP contribution in [0.4, 0.5) is 0 Å². The average Bonchev–Trinajstić information content (AvgIpc) is 3.56. The van der Waals surface area contributed by atoms with Crippen LogP contribution in [-0.4, -0.2) is 34.2 Å². The van der Waals surface area contributed by atoms with Crippen LogP contribution in [0, 0.1) is 33.5 Å². The van der Waals surface area contributed by atoms with E-state index in [1.54, 1.807) is 0 Å². The third-order valence-corrected chi connectivity index (χ3v) is 12.3. The third-order valence-electron chi connectivity index (χ3n) is 12.3. The molecule has 4 bridgehead atoms. The maximum Gasteiger partial charge on any atom is 0.229 e. The first kappa shape index (κ1) is 32.2. The van der Waals surface area contributed by atoms with Crippen LogP contribution in [0.3, 0.4) is 0 Å². The van der Waals surface area contributed by atoms with E-state index in [9.17, 15) is 19.8 Å². The summed E-state index contributed by atoms with van der Waals surface area (Å²) in [6.07, 6.45) is 3.10. The topological polar surface area (TPSA) is 98.7 Å². The zero-order chi connectivity index (χ0) is 30.5. The van der Waals surface area contributed by atoms with Gasteiger partial charge in [0.25, 0.3) is 0 Å². The number of aliphatic hydroxyl groups is 2. The van der Waals surface area contributed by atoms with Crippen LogP contribution in [0.1, 0.15) is 89.4 Å². The van der Waals surface area contributed by atoms with Crippen LogP contribution < -0.4 is 10.6 Å². The fourth-order valence-corrected chi connectivity index (χ4v) is 9.55. The lowest BCUT2D eigenvalue weighted by Crippen LogP contribution is -2.56. The Labute approximate surface area is 273 Å². The summed E-state index contributed by atoms with van der Waals surface area (Å²) in [5, 5.41) is 29.1. The Morgan fingerprint density at radius 3 is 1.29 bits per heavy atom. The number of hydrogen-bond donors (Lipinski definition) is 4. The quantitative estimate of drug-likeness (QED) is 0.231. The monoisotopic (exact) mass is 798 g/mol. The molecule has 2 amide bonds. The van der Waals surface area contributed by atoms with Gasteiger partial charge in [-0.2, -0.15) is 0 Å². The highest BCUT2D eigenvalue weighted by Gasteiger charge is 2.69. The summed E-state index contributed by atoms with van der Waals surface area (Å²) in [4.78, 5) is 28.7. The molecule has 42 heavy (non-hydrogen) atoms. The molecule has 8 heteroatoms. The molecule has 0 heterocycles. The van der Waals surface area contributed by atoms with Crippen molar-refractivity contribution in [2.45, 2.75) is 90.5 Å². The first-order valence-corrected chi connectivity index (χ1v) is 21.5. The van der Waals surface area contributed by atoms with Gasteiger partial charge >= 0.3 is 0 Å². The first-order chi connectivity index (χ1) is 20.0. The number of aliphatic hydroxyl groups excluding tert-OH is 2. The summed E-state index contributed by atoms with van der Waals surface area (Å²) in [6.45, 7) is 8.47. The Morgan fingerprint density at radius 2 is 1.02 bits per heavy atom. The molecule has 4 saturated carbocycles. The molecule has 0 saturated heterocycles. The van der Waals surface area contributed by atoms with E-state index in [1.807, 2.05) is 60.7 Å². The molecule has 2 aromatic rings. The molecule has 4 aliphatic carbocycles. The smallest absolute Gasteiger partial charge is 0.229 e. The molecular formula is C34H44I2N2O4. The molecule has 228 valence electrons. The fourth-order valence-electron chi connectivity index (χ4n) is 9.55. The van der Waals surface area contributed by atoms with Crippen molar-refractivity contribution in [3.8, 4) is 0 Å². The minimum atomic E-state index is -0.864. The Bertz CT molecular complexity index is 1190. The predicted molar refractivity (Wildman–Crippen MR) is 182 cm³/mol. The van der Waals surface area contributed by atoms with E-state index in [1.165, 1.54) is 0 Å². The van der Waals surface area contributed by atoms with Crippen LogP contribution >= 0.6 is 37.2 Å². The molecular weight excluding hydrogens is 754 g/mol. The maximum absolute atomic E-state index is 14.4. The molecule has 0 unspecified atom stereocenters. The normalized spacial score (nSPS) is 34.7. The van der Waals surface area contributed by atoms with Crippen molar-refractivity contribution >= 4 is 49.0 Å². The number of hydrogen-bond acceptors (Lipinski definition) is 4. The van der Waals surface area contributed by atoms with E-state index < -0.39 is 35.1 Å². The van der Waals surface area contributed by atoms with E-state index >= 15 is 0 Å². The van der Waals surface area contributed by atoms with Crippen molar-refractivity contribution in [2.24, 2.45) is 33.5 Å². The average molecular weight is 799 g/mol. The second kappa shape index (κ2) is 11.9. The minimum absolute atomic E-state index is 0.144. The van der Waals surface area contributed by atoms with Gasteiger partial charge in [-0.05, 0) is 72.3 Å². The summed E-state index contributed by atoms with van der Waals surface area (Å²) in [5.41, 5.74) is -0.602. The van der Waals surface area contributed by atoms with Gasteiger partial charge in [-0.3, -0.25) is 9.59 Å². The van der Waals surface area contributed by atoms with E-state index in [0.29, 0.717) is 37.5 Å². The molecule has 6 rings (SSSR count). The van der Waals surface area contributed by atoms with E-state index in [-0.39, 0.29) is 22.6 Å². The van der Waals surface area contributed by atoms with Crippen LogP contribution in [-0.2, 0) is 9.59 Å². The third kappa shape index (κ3) is 4.67. The number of amides is 2. The van der Waals surface area contributed by atoms with Crippen molar-refractivity contribution in [1.29, 1.82) is 0 Å². The number of benzene rings is 2. The van der Waals surface area contributed by atoms with Crippen molar-refractivity contribution in [2.75, 3.05) is 0 Å². The standard InChI is InChI=1S/C34H44N2O4.I2/c1-31(2)23-15-17-33(31,25(37)19-23)29(39)35-27(21-11-7-5-8-12-21)28(22-13-9-6-10-14-22)36-30(40)34-18-16-24(20-26(34)38)32(34,3)4;1-2/h5-14,23-28,37-38H,15-20H2,1-4H3,(H,35,39)(H,36,40);/t23-,24-,25-,26-,27-,28-,33+,34+;/m1./s1. The number of carbonyl (C=O) groups excluding carboxylic acids is 2. The van der Waals surface area contributed by atoms with Gasteiger partial charge < -0.3 is 20.8 Å². The van der Waals surface area contributed by atoms with Crippen molar-refractivity contribution in [1.82, 2.24) is 10.6 Å². The number of nitrogens with one attached hydrogen (secondary N) is 2. The second-order valence-corrected chi connectivity index (χ2v) is 14.1. The molecule has 0 aliphatic heterocycles. The lowest BCUT2D eigenvalue weighted by Gasteiger charge is -2.43. The van der Waals surface area contributed by atoms with Crippen LogP contribution in [0.2, 0.25) is 0 Å². The van der Waals surface area contributed by atoms with Crippen LogP contribution in [0.5, 0.6) is 0 Å². The van der Waals surface area contributed by atoms with Crippen molar-refractivity contribution in [3.05, 3.63) is 71.8 Å². The van der Waals surface area contributed by atoms with Gasteiger partial charge in [-0.15, -0.1) is 0 Å². The number of fused-ring (bicyclic) bond motifs is 4. The molecule has 4 N–H and O–H groups in total. The lowest BCUT2D eigenvalue weighted by atomic mass is 9.67. The molecule has 2 aromatic carbocycles. The molecule has 6 nitrogen and oxygen atoms in total. The Morgan fingerprint density at radius 1 is 0.690 bits per heavy atom. The Kier molecular flexibility index (Phi) is 9.14. The molecule has 4 aliphatic rings. The summed E-state index contributed by atoms with van der Waals surface area (Å²) in [7, 11) is 0. The molecule has 0 radical (unpaired) electrons. The zero-order valence-corrected chi connectivity index (χ0v) is 29.3. The van der Waals surface area contributed by atoms with E-state index in [4.69, 9.17) is 0 Å². The molecule has 0 spiro atoms. The summed E-state index contributed by atoms with van der Waals surface area (Å²) in [5.74, 6) is 0.339. The van der Waals surface area contributed by atoms with E-state index in [0.717, 1.165) is 24.0 Å². The van der Waals surface area contributed by atoms with Crippen molar-refractivity contribution < 1.29 is 19.8 Å². The van der Waals surface area contributed by atoms with Crippen LogP contribution in [0.15, 0.2) is 60.7 Å². The summed E-state index contributed by atoms with van der Waals surface area (Å²) in [6, 6.07) is 18.5. The number of halogens is 2. The van der Waals surface area contributed by atoms with E-state index in [2.05, 4.69) is 75.6 Å². The van der Waals surface area contributed by atoms with Crippen molar-refractivity contribution in [3.63, 3.8) is 0 Å². The van der Waals surface area contributed by atoms with Gasteiger partial charge in [-0.1, -0.05) is 88.4 Å². The van der Waals surface area contributed by atoms with Gasteiger partial charge in [0.1, 0.15) is 0 Å². The zero-order valence-electron chi connectivity index (χ0n) is 24.9. The number of carbonyl (C=O) groups is 2. The molecule has 8 atom stereocenters. The maximum atomic E-state index is 14.4. The highest BCUT2D eigenvalue weighted by Crippen LogP contribution is 2.67. The fraction of sp³-hybridized carbons (Fsp3) is 0.588. The molecule has 0 aromatic heterocycles. The Balaban J connectivity index is 0.00000173. The van der Waals surface area contributed by atoms with Gasteiger partial charge in [0.05, 0.1) is 35.1 Å². The summed E-state index contributed by atoms with van der Waals surface area (Å²) >= 11 is 4.24. The van der Waals surface area contributed by atoms with Crippen LogP contribution in [0.25, 0.3) is 0 Å². The highest BCUT2D eigenvalue weighted by molar-refractivity contribution is 15.0.